The molecular weight excluding hydrogens is 500 g/mol. The molecule has 6 nitrogen and oxygen atoms in total. The number of thiophene rings is 1. The molecule has 202 valence electrons. The highest BCUT2D eigenvalue weighted by molar-refractivity contribution is 7.98. The number of thioether (sulfide) groups is 1. The Labute approximate surface area is 231 Å². The minimum Gasteiger partial charge on any atom is -0.368 e. The molecule has 3 rings (SSSR count). The van der Waals surface area contributed by atoms with Crippen molar-refractivity contribution in [2.45, 2.75) is 65.3 Å². The number of rotatable bonds is 13. The van der Waals surface area contributed by atoms with Crippen LogP contribution in [0.5, 0.6) is 0 Å². The van der Waals surface area contributed by atoms with Crippen LogP contribution in [0.4, 0.5) is 5.69 Å². The van der Waals surface area contributed by atoms with Crippen LogP contribution in [0, 0.1) is 12.8 Å². The fourth-order valence-electron chi connectivity index (χ4n) is 3.66. The highest BCUT2D eigenvalue weighted by Crippen LogP contribution is 2.27. The summed E-state index contributed by atoms with van der Waals surface area (Å²) in [5.74, 6) is 0.422. The summed E-state index contributed by atoms with van der Waals surface area (Å²) in [5, 5.41) is 5.97. The summed E-state index contributed by atoms with van der Waals surface area (Å²) in [7, 11) is 1.96. The van der Waals surface area contributed by atoms with E-state index in [1.54, 1.807) is 17.5 Å². The zero-order valence-electron chi connectivity index (χ0n) is 23.3. The lowest BCUT2D eigenvalue weighted by molar-refractivity contribution is 0.0367. The number of hydrogen-bond donors (Lipinski definition) is 1. The van der Waals surface area contributed by atoms with Crippen molar-refractivity contribution in [3.05, 3.63) is 69.7 Å². The summed E-state index contributed by atoms with van der Waals surface area (Å²) in [4.78, 5) is 25.4. The number of benzene rings is 1. The van der Waals surface area contributed by atoms with Crippen LogP contribution in [0.25, 0.3) is 0 Å². The smallest absolute Gasteiger partial charge is 0.261 e. The average Bonchev–Trinajstić information content (AvgIpc) is 3.45. The Morgan fingerprint density at radius 3 is 2.46 bits per heavy atom. The van der Waals surface area contributed by atoms with Crippen LogP contribution < -0.4 is 10.2 Å². The van der Waals surface area contributed by atoms with E-state index in [9.17, 15) is 4.79 Å². The first-order chi connectivity index (χ1) is 17.9. The number of carbonyl (C=O) groups is 1. The molecule has 0 spiro atoms. The number of hydrogen-bond acceptors (Lipinski definition) is 7. The maximum atomic E-state index is 13.5. The third-order valence-electron chi connectivity index (χ3n) is 5.76. The van der Waals surface area contributed by atoms with E-state index in [-0.39, 0.29) is 12.0 Å². The lowest BCUT2D eigenvalue weighted by Crippen LogP contribution is -2.33. The Bertz CT molecular complexity index is 1060. The highest BCUT2D eigenvalue weighted by atomic mass is 32.2. The van der Waals surface area contributed by atoms with Crippen molar-refractivity contribution in [1.29, 1.82) is 0 Å². The van der Waals surface area contributed by atoms with Crippen LogP contribution in [-0.2, 0) is 11.3 Å². The molecular formula is C29H42N4O2S2. The van der Waals surface area contributed by atoms with Crippen molar-refractivity contribution in [2.75, 3.05) is 31.3 Å². The third kappa shape index (κ3) is 9.52. The van der Waals surface area contributed by atoms with Crippen LogP contribution in [0.15, 0.2) is 53.1 Å². The summed E-state index contributed by atoms with van der Waals surface area (Å²) in [5.41, 5.74) is 3.20. The van der Waals surface area contributed by atoms with Gasteiger partial charge in [-0.15, -0.1) is 11.3 Å². The number of aryl methyl sites for hydroxylation is 1. The highest BCUT2D eigenvalue weighted by Gasteiger charge is 2.21. The van der Waals surface area contributed by atoms with E-state index >= 15 is 0 Å². The molecule has 0 aliphatic heterocycles. The molecule has 3 aromatic rings. The van der Waals surface area contributed by atoms with Crippen molar-refractivity contribution in [2.24, 2.45) is 5.92 Å². The van der Waals surface area contributed by atoms with Crippen LogP contribution in [0.1, 0.15) is 73.1 Å². The summed E-state index contributed by atoms with van der Waals surface area (Å²) in [6.07, 6.45) is 5.48. The van der Waals surface area contributed by atoms with Gasteiger partial charge in [0.15, 0.2) is 5.16 Å². The molecule has 37 heavy (non-hydrogen) atoms. The topological polar surface area (TPSA) is 67.3 Å². The van der Waals surface area contributed by atoms with Gasteiger partial charge in [-0.25, -0.2) is 9.97 Å². The third-order valence-corrected chi connectivity index (χ3v) is 7.29. The van der Waals surface area contributed by atoms with E-state index in [4.69, 9.17) is 4.74 Å². The monoisotopic (exact) mass is 542 g/mol. The molecule has 2 aromatic heterocycles. The zero-order chi connectivity index (χ0) is 27.2. The first kappa shape index (κ1) is 31.0. The van der Waals surface area contributed by atoms with Crippen molar-refractivity contribution in [3.8, 4) is 0 Å². The summed E-state index contributed by atoms with van der Waals surface area (Å²) in [6, 6.07) is 12.3. The number of carbonyl (C=O) groups excluding carboxylic acids is 1. The van der Waals surface area contributed by atoms with Gasteiger partial charge in [-0.05, 0) is 74.7 Å². The maximum absolute atomic E-state index is 13.5. The molecule has 0 aliphatic rings. The van der Waals surface area contributed by atoms with Gasteiger partial charge < -0.3 is 15.0 Å². The zero-order valence-corrected chi connectivity index (χ0v) is 24.9. The fourth-order valence-corrected chi connectivity index (χ4v) is 4.86. The standard InChI is InChI=1S/C27H36N4O2S2.C2H6/c1-19(2)13-15-31(26(32)23-17-29-27(34-5)30-20(23)3)22-10-8-21(9-11-22)18-33-24(12-14-28-4)25-7-6-16-35-25;1-2/h6-11,16-17,19,24,28H,12-15,18H2,1-5H3;1-2H3. The van der Waals surface area contributed by atoms with Crippen molar-refractivity contribution in [3.63, 3.8) is 0 Å². The van der Waals surface area contributed by atoms with Gasteiger partial charge >= 0.3 is 0 Å². The maximum Gasteiger partial charge on any atom is 0.261 e. The van der Waals surface area contributed by atoms with Crippen LogP contribution in [0.3, 0.4) is 0 Å². The fraction of sp³-hybridized carbons (Fsp3) is 0.483. The Hall–Kier alpha value is -2.26. The Morgan fingerprint density at radius 1 is 1.16 bits per heavy atom. The first-order valence-corrected chi connectivity index (χ1v) is 15.1. The van der Waals surface area contributed by atoms with Gasteiger partial charge in [0.1, 0.15) is 0 Å². The van der Waals surface area contributed by atoms with Gasteiger partial charge in [-0.3, -0.25) is 4.79 Å². The molecule has 8 heteroatoms. The molecule has 0 radical (unpaired) electrons. The Balaban J connectivity index is 0.00000235. The van der Waals surface area contributed by atoms with Gasteiger partial charge in [0.2, 0.25) is 0 Å². The molecule has 1 unspecified atom stereocenters. The SMILES string of the molecule is CC.CNCCC(OCc1ccc(N(CCC(C)C)C(=O)c2cnc(SC)nc2C)cc1)c1cccs1. The summed E-state index contributed by atoms with van der Waals surface area (Å²) >= 11 is 3.20. The minimum absolute atomic E-state index is 0.0652. The first-order valence-electron chi connectivity index (χ1n) is 13.0. The number of anilines is 1. The molecule has 1 aromatic carbocycles. The molecule has 0 aliphatic carbocycles. The summed E-state index contributed by atoms with van der Waals surface area (Å²) < 4.78 is 6.28. The quantitative estimate of drug-likeness (QED) is 0.183. The molecule has 2 heterocycles. The van der Waals surface area contributed by atoms with E-state index in [2.05, 4.69) is 58.8 Å². The normalized spacial score (nSPS) is 11.7. The van der Waals surface area contributed by atoms with Crippen LogP contribution >= 0.6 is 23.1 Å². The Morgan fingerprint density at radius 2 is 1.89 bits per heavy atom. The predicted octanol–water partition coefficient (Wildman–Crippen LogP) is 7.15. The number of amides is 1. The van der Waals surface area contributed by atoms with E-state index in [1.165, 1.54) is 16.6 Å². The molecule has 1 atom stereocenters. The van der Waals surface area contributed by atoms with Crippen molar-refractivity contribution in [1.82, 2.24) is 15.3 Å². The van der Waals surface area contributed by atoms with Gasteiger partial charge in [-0.1, -0.05) is 57.7 Å². The van der Waals surface area contributed by atoms with Crippen LogP contribution in [-0.4, -0.2) is 42.3 Å². The Kier molecular flexibility index (Phi) is 13.9. The van der Waals surface area contributed by atoms with E-state index in [1.807, 2.05) is 51.1 Å². The van der Waals surface area contributed by atoms with Gasteiger partial charge in [-0.2, -0.15) is 0 Å². The second-order valence-corrected chi connectivity index (χ2v) is 10.6. The lowest BCUT2D eigenvalue weighted by atomic mass is 10.1. The molecule has 0 saturated heterocycles. The van der Waals surface area contributed by atoms with Crippen LogP contribution in [0.2, 0.25) is 0 Å². The summed E-state index contributed by atoms with van der Waals surface area (Å²) in [6.45, 7) is 12.3. The van der Waals surface area contributed by atoms with E-state index < -0.39 is 0 Å². The molecule has 1 amide bonds. The number of nitrogens with zero attached hydrogens (tertiary/aromatic N) is 3. The van der Waals surface area contributed by atoms with Gasteiger partial charge in [0.25, 0.3) is 5.91 Å². The van der Waals surface area contributed by atoms with E-state index in [0.29, 0.717) is 35.5 Å². The number of nitrogens with one attached hydrogen (secondary N) is 1. The van der Waals surface area contributed by atoms with E-state index in [0.717, 1.165) is 30.6 Å². The molecule has 1 N–H and O–H groups in total. The number of aromatic nitrogens is 2. The average molecular weight is 543 g/mol. The number of ether oxygens (including phenoxy) is 1. The molecule has 0 saturated carbocycles. The van der Waals surface area contributed by atoms with Crippen molar-refractivity contribution < 1.29 is 9.53 Å². The molecule has 0 fully saturated rings. The van der Waals surface area contributed by atoms with Gasteiger partial charge in [0, 0.05) is 23.3 Å². The second kappa shape index (κ2) is 16.6. The lowest BCUT2D eigenvalue weighted by Gasteiger charge is -2.25. The van der Waals surface area contributed by atoms with Gasteiger partial charge in [0.05, 0.1) is 24.0 Å². The minimum atomic E-state index is -0.0652. The largest absolute Gasteiger partial charge is 0.368 e. The second-order valence-electron chi connectivity index (χ2n) is 8.87. The molecule has 0 bridgehead atoms. The van der Waals surface area contributed by atoms with Crippen molar-refractivity contribution >= 4 is 34.7 Å². The predicted molar refractivity (Wildman–Crippen MR) is 158 cm³/mol.